The third-order valence-corrected chi connectivity index (χ3v) is 5.21. The van der Waals surface area contributed by atoms with E-state index in [2.05, 4.69) is 0 Å². The van der Waals surface area contributed by atoms with Crippen LogP contribution in [0, 0.1) is 5.41 Å². The Hall–Kier alpha value is -0.140. The van der Waals surface area contributed by atoms with E-state index in [4.69, 9.17) is 5.73 Å². The fourth-order valence-corrected chi connectivity index (χ4v) is 4.33. The highest BCUT2D eigenvalue weighted by Gasteiger charge is 2.26. The third-order valence-electron chi connectivity index (χ3n) is 2.31. The molecule has 16 heavy (non-hydrogen) atoms. The van der Waals surface area contributed by atoms with Gasteiger partial charge in [-0.05, 0) is 5.41 Å². The molecule has 0 rings (SSSR count). The summed E-state index contributed by atoms with van der Waals surface area (Å²) >= 11 is 0. The first kappa shape index (κ1) is 15.9. The van der Waals surface area contributed by atoms with Crippen molar-refractivity contribution in [1.29, 1.82) is 0 Å². The highest BCUT2D eigenvalue weighted by Crippen LogP contribution is 2.18. The van der Waals surface area contributed by atoms with Gasteiger partial charge in [-0.1, -0.05) is 20.8 Å². The number of rotatable bonds is 5. The SMILES string of the molecule is CC(C)(C)C(N)CS(=O)(=O)CCS(C)(=O)=O. The molecule has 0 aromatic heterocycles. The lowest BCUT2D eigenvalue weighted by atomic mass is 9.89. The normalized spacial score (nSPS) is 16.1. The Bertz CT molecular complexity index is 417. The number of hydrogen-bond donors (Lipinski definition) is 1. The van der Waals surface area contributed by atoms with Crippen molar-refractivity contribution in [2.24, 2.45) is 11.1 Å². The van der Waals surface area contributed by atoms with Crippen LogP contribution >= 0.6 is 0 Å². The van der Waals surface area contributed by atoms with E-state index in [1.54, 1.807) is 0 Å². The highest BCUT2D eigenvalue weighted by molar-refractivity contribution is 7.94. The zero-order chi connectivity index (χ0) is 13.2. The number of nitrogens with two attached hydrogens (primary N) is 1. The quantitative estimate of drug-likeness (QED) is 0.748. The largest absolute Gasteiger partial charge is 0.326 e. The van der Waals surface area contributed by atoms with Gasteiger partial charge in [-0.3, -0.25) is 0 Å². The Morgan fingerprint density at radius 3 is 1.81 bits per heavy atom. The van der Waals surface area contributed by atoms with Gasteiger partial charge in [-0.15, -0.1) is 0 Å². The van der Waals surface area contributed by atoms with Gasteiger partial charge in [0, 0.05) is 12.3 Å². The van der Waals surface area contributed by atoms with Gasteiger partial charge in [0.15, 0.2) is 9.84 Å². The minimum Gasteiger partial charge on any atom is -0.326 e. The summed E-state index contributed by atoms with van der Waals surface area (Å²) in [4.78, 5) is 0. The predicted molar refractivity (Wildman–Crippen MR) is 65.8 cm³/mol. The van der Waals surface area contributed by atoms with Gasteiger partial charge in [0.2, 0.25) is 0 Å². The van der Waals surface area contributed by atoms with Crippen molar-refractivity contribution in [3.63, 3.8) is 0 Å². The summed E-state index contributed by atoms with van der Waals surface area (Å²) in [5, 5.41) is 0. The molecule has 0 aromatic rings. The first-order valence-corrected chi connectivity index (χ1v) is 8.85. The molecule has 0 fully saturated rings. The smallest absolute Gasteiger partial charge is 0.152 e. The molecule has 1 unspecified atom stereocenters. The van der Waals surface area contributed by atoms with Crippen LogP contribution < -0.4 is 5.73 Å². The van der Waals surface area contributed by atoms with E-state index in [1.807, 2.05) is 20.8 Å². The summed E-state index contributed by atoms with van der Waals surface area (Å²) in [5.41, 5.74) is 5.44. The average molecular weight is 271 g/mol. The third kappa shape index (κ3) is 7.19. The highest BCUT2D eigenvalue weighted by atomic mass is 32.2. The molecule has 0 amide bonds. The van der Waals surface area contributed by atoms with Gasteiger partial charge in [0.05, 0.1) is 17.3 Å². The van der Waals surface area contributed by atoms with Gasteiger partial charge in [0.25, 0.3) is 0 Å². The topological polar surface area (TPSA) is 94.3 Å². The molecule has 0 aliphatic rings. The molecule has 0 aliphatic heterocycles. The van der Waals surface area contributed by atoms with Gasteiger partial charge in [0.1, 0.15) is 9.84 Å². The Morgan fingerprint density at radius 2 is 1.50 bits per heavy atom. The molecule has 98 valence electrons. The van der Waals surface area contributed by atoms with Crippen LogP contribution in [0.5, 0.6) is 0 Å². The van der Waals surface area contributed by atoms with Crippen molar-refractivity contribution in [3.05, 3.63) is 0 Å². The molecule has 0 saturated heterocycles. The predicted octanol–water partition coefficient (Wildman–Crippen LogP) is -0.181. The maximum absolute atomic E-state index is 11.6. The van der Waals surface area contributed by atoms with Crippen molar-refractivity contribution in [3.8, 4) is 0 Å². The number of sulfone groups is 2. The molecule has 0 aromatic carbocycles. The molecule has 0 spiro atoms. The Morgan fingerprint density at radius 1 is 1.06 bits per heavy atom. The lowest BCUT2D eigenvalue weighted by Crippen LogP contribution is -2.42. The number of hydrogen-bond acceptors (Lipinski definition) is 5. The molecule has 0 heterocycles. The van der Waals surface area contributed by atoms with Gasteiger partial charge >= 0.3 is 0 Å². The first-order valence-electron chi connectivity index (χ1n) is 4.97. The molecule has 2 N–H and O–H groups in total. The van der Waals surface area contributed by atoms with Crippen LogP contribution in [0.2, 0.25) is 0 Å². The van der Waals surface area contributed by atoms with Crippen LogP contribution in [0.25, 0.3) is 0 Å². The van der Waals surface area contributed by atoms with E-state index in [0.717, 1.165) is 6.26 Å². The minimum atomic E-state index is -3.40. The Balaban J connectivity index is 4.50. The van der Waals surface area contributed by atoms with Crippen LogP contribution in [0.3, 0.4) is 0 Å². The zero-order valence-corrected chi connectivity index (χ0v) is 11.9. The van der Waals surface area contributed by atoms with E-state index < -0.39 is 25.7 Å². The Kier molecular flexibility index (Phi) is 4.97. The fraction of sp³-hybridized carbons (Fsp3) is 1.00. The second-order valence-electron chi connectivity index (χ2n) is 5.22. The van der Waals surface area contributed by atoms with Crippen molar-refractivity contribution in [2.75, 3.05) is 23.5 Å². The van der Waals surface area contributed by atoms with Crippen LogP contribution in [-0.4, -0.2) is 46.4 Å². The van der Waals surface area contributed by atoms with E-state index in [-0.39, 0.29) is 22.7 Å². The summed E-state index contributed by atoms with van der Waals surface area (Å²) < 4.78 is 44.9. The van der Waals surface area contributed by atoms with E-state index in [1.165, 1.54) is 0 Å². The second kappa shape index (κ2) is 5.01. The van der Waals surface area contributed by atoms with Gasteiger partial charge in [-0.25, -0.2) is 16.8 Å². The van der Waals surface area contributed by atoms with Crippen LogP contribution in [0.1, 0.15) is 20.8 Å². The van der Waals surface area contributed by atoms with Crippen molar-refractivity contribution in [1.82, 2.24) is 0 Å². The molecule has 7 heteroatoms. The fourth-order valence-electron chi connectivity index (χ4n) is 0.885. The summed E-state index contributed by atoms with van der Waals surface area (Å²) in [6.07, 6.45) is 1.02. The molecule has 0 radical (unpaired) electrons. The standard InChI is InChI=1S/C9H21NO4S2/c1-9(2,3)8(10)7-16(13,14)6-5-15(4,11)12/h8H,5-7,10H2,1-4H3. The summed E-state index contributed by atoms with van der Waals surface area (Å²) in [5.74, 6) is -0.867. The lowest BCUT2D eigenvalue weighted by molar-refractivity contribution is 0.340. The van der Waals surface area contributed by atoms with E-state index in [0.29, 0.717) is 0 Å². The van der Waals surface area contributed by atoms with Crippen LogP contribution in [0.15, 0.2) is 0 Å². The molecular weight excluding hydrogens is 250 g/mol. The molecule has 0 saturated carbocycles. The van der Waals surface area contributed by atoms with Crippen molar-refractivity contribution in [2.45, 2.75) is 26.8 Å². The summed E-state index contributed by atoms with van der Waals surface area (Å²) in [6.45, 7) is 5.55. The van der Waals surface area contributed by atoms with Crippen molar-refractivity contribution >= 4 is 19.7 Å². The maximum Gasteiger partial charge on any atom is 0.152 e. The monoisotopic (exact) mass is 271 g/mol. The van der Waals surface area contributed by atoms with Gasteiger partial charge in [-0.2, -0.15) is 0 Å². The maximum atomic E-state index is 11.6. The molecule has 1 atom stereocenters. The first-order chi connectivity index (χ1) is 6.83. The molecule has 5 nitrogen and oxygen atoms in total. The lowest BCUT2D eigenvalue weighted by Gasteiger charge is -2.26. The molecule has 0 aliphatic carbocycles. The van der Waals surface area contributed by atoms with E-state index >= 15 is 0 Å². The zero-order valence-electron chi connectivity index (χ0n) is 10.2. The summed E-state index contributed by atoms with van der Waals surface area (Å²) in [6, 6.07) is -0.489. The molecule has 0 bridgehead atoms. The van der Waals surface area contributed by atoms with Crippen LogP contribution in [0.4, 0.5) is 0 Å². The summed E-state index contributed by atoms with van der Waals surface area (Å²) in [7, 11) is -6.65. The molecular formula is C9H21NO4S2. The van der Waals surface area contributed by atoms with Crippen molar-refractivity contribution < 1.29 is 16.8 Å². The van der Waals surface area contributed by atoms with Crippen LogP contribution in [-0.2, 0) is 19.7 Å². The van der Waals surface area contributed by atoms with E-state index in [9.17, 15) is 16.8 Å². The average Bonchev–Trinajstić information content (AvgIpc) is 1.97. The minimum absolute atomic E-state index is 0.175. The Labute approximate surface area is 98.2 Å². The van der Waals surface area contributed by atoms with Gasteiger partial charge < -0.3 is 5.73 Å². The second-order valence-corrected chi connectivity index (χ2v) is 9.71.